The molecule has 0 heterocycles. The summed E-state index contributed by atoms with van der Waals surface area (Å²) in [6.45, 7) is 0. The molecule has 3 nitrogen and oxygen atoms in total. The van der Waals surface area contributed by atoms with Crippen LogP contribution in [0.2, 0.25) is 0 Å². The van der Waals surface area contributed by atoms with E-state index in [0.717, 1.165) is 5.69 Å². The lowest BCUT2D eigenvalue weighted by atomic mass is 10.0. The Balaban J connectivity index is 2.27. The van der Waals surface area contributed by atoms with E-state index >= 15 is 0 Å². The van der Waals surface area contributed by atoms with Gasteiger partial charge < -0.3 is 4.90 Å². The zero-order chi connectivity index (χ0) is 13.7. The molecule has 1 atom stereocenters. The fourth-order valence-corrected chi connectivity index (χ4v) is 1.89. The van der Waals surface area contributed by atoms with E-state index in [1.54, 1.807) is 36.2 Å². The zero-order valence-electron chi connectivity index (χ0n) is 10.7. The summed E-state index contributed by atoms with van der Waals surface area (Å²) in [6, 6.07) is 19.6. The maximum atomic E-state index is 12.3. The molecule has 3 heteroatoms. The van der Waals surface area contributed by atoms with E-state index in [4.69, 9.17) is 0 Å². The lowest BCUT2D eigenvalue weighted by Crippen LogP contribution is -2.37. The highest BCUT2D eigenvalue weighted by Crippen LogP contribution is 2.16. The van der Waals surface area contributed by atoms with Gasteiger partial charge in [0, 0.05) is 18.3 Å². The number of anilines is 1. The second-order valence-electron chi connectivity index (χ2n) is 4.21. The molecule has 1 unspecified atom stereocenters. The van der Waals surface area contributed by atoms with Gasteiger partial charge in [0.1, 0.15) is 0 Å². The van der Waals surface area contributed by atoms with Crippen LogP contribution in [-0.2, 0) is 0 Å². The van der Waals surface area contributed by atoms with Crippen LogP contribution in [0.5, 0.6) is 0 Å². The molecular weight excluding hydrogens is 236 g/mol. The van der Waals surface area contributed by atoms with Crippen molar-refractivity contribution in [3.8, 4) is 6.07 Å². The Morgan fingerprint density at radius 3 is 2.11 bits per heavy atom. The number of nitrogens with zero attached hydrogens (tertiary/aromatic N) is 2. The number of likely N-dealkylation sites (N-methyl/N-ethyl adjacent to an activating group) is 1. The Labute approximate surface area is 112 Å². The first-order chi connectivity index (χ1) is 9.24. The third-order valence-electron chi connectivity index (χ3n) is 2.98. The lowest BCUT2D eigenvalue weighted by Gasteiger charge is -2.23. The number of carbonyl (C=O) groups excluding carboxylic acids is 1. The number of carbonyl (C=O) groups is 1. The third kappa shape index (κ3) is 2.80. The van der Waals surface area contributed by atoms with Gasteiger partial charge in [0.15, 0.2) is 11.8 Å². The molecule has 0 fully saturated rings. The molecule has 2 rings (SSSR count). The summed E-state index contributed by atoms with van der Waals surface area (Å²) in [5.74, 6) is -0.186. The molecule has 0 aromatic heterocycles. The Morgan fingerprint density at radius 2 is 1.58 bits per heavy atom. The number of rotatable bonds is 4. The minimum absolute atomic E-state index is 0.186. The van der Waals surface area contributed by atoms with Gasteiger partial charge in [-0.3, -0.25) is 4.79 Å². The van der Waals surface area contributed by atoms with Crippen molar-refractivity contribution in [2.75, 3.05) is 11.9 Å². The predicted octanol–water partition coefficient (Wildman–Crippen LogP) is 2.90. The van der Waals surface area contributed by atoms with Crippen molar-refractivity contribution in [3.05, 3.63) is 66.2 Å². The summed E-state index contributed by atoms with van der Waals surface area (Å²) >= 11 is 0. The van der Waals surface area contributed by atoms with Crippen molar-refractivity contribution in [2.45, 2.75) is 6.04 Å². The maximum absolute atomic E-state index is 12.3. The zero-order valence-corrected chi connectivity index (χ0v) is 10.7. The summed E-state index contributed by atoms with van der Waals surface area (Å²) in [7, 11) is 1.75. The molecule has 0 aliphatic rings. The van der Waals surface area contributed by atoms with Gasteiger partial charge in [-0.2, -0.15) is 5.26 Å². The molecule has 0 spiro atoms. The number of benzene rings is 2. The summed E-state index contributed by atoms with van der Waals surface area (Å²) in [4.78, 5) is 14.0. The van der Waals surface area contributed by atoms with Gasteiger partial charge in [-0.05, 0) is 12.1 Å². The molecule has 0 bridgehead atoms. The Hall–Kier alpha value is -2.60. The van der Waals surface area contributed by atoms with Crippen molar-refractivity contribution >= 4 is 11.5 Å². The van der Waals surface area contributed by atoms with E-state index in [0.29, 0.717) is 5.56 Å². The van der Waals surface area contributed by atoms with E-state index in [1.165, 1.54) is 0 Å². The predicted molar refractivity (Wildman–Crippen MR) is 75.0 cm³/mol. The summed E-state index contributed by atoms with van der Waals surface area (Å²) < 4.78 is 0. The molecule has 2 aromatic rings. The monoisotopic (exact) mass is 250 g/mol. The molecule has 0 N–H and O–H groups in total. The van der Waals surface area contributed by atoms with Crippen LogP contribution >= 0.6 is 0 Å². The quantitative estimate of drug-likeness (QED) is 0.784. The topological polar surface area (TPSA) is 44.1 Å². The molecule has 0 amide bonds. The number of hydrogen-bond acceptors (Lipinski definition) is 3. The van der Waals surface area contributed by atoms with Gasteiger partial charge in [-0.25, -0.2) is 0 Å². The van der Waals surface area contributed by atoms with Gasteiger partial charge in [0.05, 0.1) is 6.07 Å². The van der Waals surface area contributed by atoms with Crippen LogP contribution in [0.1, 0.15) is 10.4 Å². The molecule has 94 valence electrons. The van der Waals surface area contributed by atoms with Gasteiger partial charge in [-0.15, -0.1) is 0 Å². The van der Waals surface area contributed by atoms with Crippen molar-refractivity contribution in [2.24, 2.45) is 0 Å². The molecule has 0 saturated heterocycles. The summed E-state index contributed by atoms with van der Waals surface area (Å²) in [5, 5.41) is 9.28. The number of ketones is 1. The van der Waals surface area contributed by atoms with E-state index in [1.807, 2.05) is 36.4 Å². The van der Waals surface area contributed by atoms with Crippen LogP contribution in [0.15, 0.2) is 60.7 Å². The van der Waals surface area contributed by atoms with E-state index in [-0.39, 0.29) is 5.78 Å². The number of nitriles is 1. The fraction of sp³-hybridized carbons (Fsp3) is 0.125. The first-order valence-electron chi connectivity index (χ1n) is 6.01. The molecule has 0 aliphatic heterocycles. The number of para-hydroxylation sites is 1. The van der Waals surface area contributed by atoms with Crippen molar-refractivity contribution < 1.29 is 4.79 Å². The van der Waals surface area contributed by atoms with Crippen LogP contribution in [0.4, 0.5) is 5.69 Å². The normalized spacial score (nSPS) is 11.4. The highest BCUT2D eigenvalue weighted by atomic mass is 16.1. The van der Waals surface area contributed by atoms with Crippen LogP contribution < -0.4 is 4.90 Å². The van der Waals surface area contributed by atoms with Gasteiger partial charge in [0.2, 0.25) is 0 Å². The SMILES string of the molecule is CN(c1ccccc1)C(C#N)C(=O)c1ccccc1. The third-order valence-corrected chi connectivity index (χ3v) is 2.98. The van der Waals surface area contributed by atoms with Crippen LogP contribution in [0, 0.1) is 11.3 Å². The molecule has 2 aromatic carbocycles. The second-order valence-corrected chi connectivity index (χ2v) is 4.21. The summed E-state index contributed by atoms with van der Waals surface area (Å²) in [5.41, 5.74) is 1.40. The Bertz CT molecular complexity index is 587. The summed E-state index contributed by atoms with van der Waals surface area (Å²) in [6.07, 6.45) is 0. The minimum Gasteiger partial charge on any atom is -0.353 e. The Morgan fingerprint density at radius 1 is 1.05 bits per heavy atom. The molecule has 0 radical (unpaired) electrons. The number of hydrogen-bond donors (Lipinski definition) is 0. The largest absolute Gasteiger partial charge is 0.353 e. The number of Topliss-reactive ketones (excluding diaryl/α,β-unsaturated/α-hetero) is 1. The standard InChI is InChI=1S/C16H14N2O/c1-18(14-10-6-3-7-11-14)15(12-17)16(19)13-8-4-2-5-9-13/h2-11,15H,1H3. The van der Waals surface area contributed by atoms with Crippen molar-refractivity contribution in [1.82, 2.24) is 0 Å². The van der Waals surface area contributed by atoms with Crippen molar-refractivity contribution in [1.29, 1.82) is 5.26 Å². The molecule has 0 aliphatic carbocycles. The van der Waals surface area contributed by atoms with Gasteiger partial charge in [0.25, 0.3) is 0 Å². The fourth-order valence-electron chi connectivity index (χ4n) is 1.89. The van der Waals surface area contributed by atoms with E-state index in [2.05, 4.69) is 6.07 Å². The Kier molecular flexibility index (Phi) is 3.94. The van der Waals surface area contributed by atoms with Crippen LogP contribution in [0.25, 0.3) is 0 Å². The van der Waals surface area contributed by atoms with Gasteiger partial charge >= 0.3 is 0 Å². The van der Waals surface area contributed by atoms with Crippen molar-refractivity contribution in [3.63, 3.8) is 0 Å². The molecule has 0 saturated carbocycles. The van der Waals surface area contributed by atoms with Crippen LogP contribution in [0.3, 0.4) is 0 Å². The molecule has 19 heavy (non-hydrogen) atoms. The highest BCUT2D eigenvalue weighted by molar-refractivity contribution is 6.03. The molecular formula is C16H14N2O. The lowest BCUT2D eigenvalue weighted by molar-refractivity contribution is 0.0979. The maximum Gasteiger partial charge on any atom is 0.199 e. The van der Waals surface area contributed by atoms with Crippen LogP contribution in [-0.4, -0.2) is 18.9 Å². The first kappa shape index (κ1) is 12.8. The highest BCUT2D eigenvalue weighted by Gasteiger charge is 2.24. The van der Waals surface area contributed by atoms with E-state index < -0.39 is 6.04 Å². The smallest absolute Gasteiger partial charge is 0.199 e. The van der Waals surface area contributed by atoms with E-state index in [9.17, 15) is 10.1 Å². The second kappa shape index (κ2) is 5.83. The first-order valence-corrected chi connectivity index (χ1v) is 6.01. The average Bonchev–Trinajstić information content (AvgIpc) is 2.49. The average molecular weight is 250 g/mol. The van der Waals surface area contributed by atoms with Gasteiger partial charge in [-0.1, -0.05) is 48.5 Å². The minimum atomic E-state index is -0.815.